The third-order valence-corrected chi connectivity index (χ3v) is 2.55. The standard InChI is InChI=1S/C9H9NO.ClH/c10-8-7-5-3-1-2-4-6(5)11-9(7)8;/h1-4,7-9H,10H2;1H. The summed E-state index contributed by atoms with van der Waals surface area (Å²) in [4.78, 5) is 0. The van der Waals surface area contributed by atoms with Gasteiger partial charge in [0.1, 0.15) is 11.9 Å². The van der Waals surface area contributed by atoms with Crippen LogP contribution in [0.1, 0.15) is 11.5 Å². The molecular weight excluding hydrogens is 174 g/mol. The minimum absolute atomic E-state index is 0. The van der Waals surface area contributed by atoms with Gasteiger partial charge < -0.3 is 10.5 Å². The van der Waals surface area contributed by atoms with Gasteiger partial charge >= 0.3 is 0 Å². The average Bonchev–Trinajstić information content (AvgIpc) is 2.55. The molecule has 3 unspecified atom stereocenters. The van der Waals surface area contributed by atoms with Gasteiger partial charge in [-0.15, -0.1) is 12.4 Å². The Morgan fingerprint density at radius 2 is 2.00 bits per heavy atom. The van der Waals surface area contributed by atoms with E-state index in [1.54, 1.807) is 0 Å². The van der Waals surface area contributed by atoms with Crippen LogP contribution in [0.15, 0.2) is 24.3 Å². The first-order valence-corrected chi connectivity index (χ1v) is 3.89. The van der Waals surface area contributed by atoms with E-state index >= 15 is 0 Å². The van der Waals surface area contributed by atoms with Crippen LogP contribution in [0.5, 0.6) is 5.75 Å². The van der Waals surface area contributed by atoms with Crippen molar-refractivity contribution >= 4 is 12.4 Å². The topological polar surface area (TPSA) is 35.2 Å². The number of benzene rings is 1. The third kappa shape index (κ3) is 0.793. The van der Waals surface area contributed by atoms with E-state index in [0.29, 0.717) is 5.92 Å². The van der Waals surface area contributed by atoms with Gasteiger partial charge in [0, 0.05) is 11.5 Å². The molecule has 0 spiro atoms. The Morgan fingerprint density at radius 1 is 1.25 bits per heavy atom. The Labute approximate surface area is 77.1 Å². The Hall–Kier alpha value is -0.730. The molecule has 1 saturated carbocycles. The minimum Gasteiger partial charge on any atom is -0.488 e. The van der Waals surface area contributed by atoms with Crippen LogP contribution in [0, 0.1) is 0 Å². The number of hydrogen-bond acceptors (Lipinski definition) is 2. The molecule has 0 amide bonds. The van der Waals surface area contributed by atoms with Gasteiger partial charge in [0.25, 0.3) is 0 Å². The molecule has 1 aromatic carbocycles. The quantitative estimate of drug-likeness (QED) is 0.658. The summed E-state index contributed by atoms with van der Waals surface area (Å²) in [5, 5.41) is 0. The molecule has 1 aliphatic carbocycles. The summed E-state index contributed by atoms with van der Waals surface area (Å²) in [6, 6.07) is 8.40. The monoisotopic (exact) mass is 183 g/mol. The Morgan fingerprint density at radius 3 is 2.83 bits per heavy atom. The van der Waals surface area contributed by atoms with Crippen molar-refractivity contribution in [3.8, 4) is 5.75 Å². The molecule has 1 fully saturated rings. The molecule has 2 nitrogen and oxygen atoms in total. The molecule has 2 N–H and O–H groups in total. The van der Waals surface area contributed by atoms with Crippen molar-refractivity contribution in [1.29, 1.82) is 0 Å². The number of rotatable bonds is 0. The lowest BCUT2D eigenvalue weighted by Gasteiger charge is -2.03. The Bertz CT molecular complexity index is 315. The number of ether oxygens (including phenoxy) is 1. The number of halogens is 1. The van der Waals surface area contributed by atoms with Gasteiger partial charge in [0.15, 0.2) is 0 Å². The van der Waals surface area contributed by atoms with E-state index in [9.17, 15) is 0 Å². The number of hydrogen-bond donors (Lipinski definition) is 1. The summed E-state index contributed by atoms with van der Waals surface area (Å²) in [5.74, 6) is 1.52. The normalized spacial score (nSPS) is 34.2. The highest BCUT2D eigenvalue weighted by Crippen LogP contribution is 2.52. The molecule has 0 saturated heterocycles. The predicted octanol–water partition coefficient (Wildman–Crippen LogP) is 1.29. The van der Waals surface area contributed by atoms with Crippen molar-refractivity contribution in [2.75, 3.05) is 0 Å². The van der Waals surface area contributed by atoms with Crippen LogP contribution in [0.3, 0.4) is 0 Å². The van der Waals surface area contributed by atoms with Crippen LogP contribution in [0.2, 0.25) is 0 Å². The summed E-state index contributed by atoms with van der Waals surface area (Å²) in [5.41, 5.74) is 7.06. The van der Waals surface area contributed by atoms with E-state index in [2.05, 4.69) is 6.07 Å². The SMILES string of the molecule is Cl.NC1C2Oc3ccccc3C12. The fraction of sp³-hybridized carbons (Fsp3) is 0.333. The van der Waals surface area contributed by atoms with Crippen LogP contribution in [0.4, 0.5) is 0 Å². The second kappa shape index (κ2) is 2.38. The first kappa shape index (κ1) is 7.90. The van der Waals surface area contributed by atoms with Crippen molar-refractivity contribution in [3.05, 3.63) is 29.8 Å². The predicted molar refractivity (Wildman–Crippen MR) is 48.8 cm³/mol. The molecular formula is C9H10ClNO. The average molecular weight is 184 g/mol. The fourth-order valence-electron chi connectivity index (χ4n) is 1.85. The van der Waals surface area contributed by atoms with E-state index < -0.39 is 0 Å². The van der Waals surface area contributed by atoms with Crippen LogP contribution in [-0.2, 0) is 0 Å². The van der Waals surface area contributed by atoms with Gasteiger partial charge in [0.05, 0.1) is 6.04 Å². The van der Waals surface area contributed by atoms with Crippen molar-refractivity contribution in [1.82, 2.24) is 0 Å². The molecule has 3 rings (SSSR count). The number of fused-ring (bicyclic) bond motifs is 3. The van der Waals surface area contributed by atoms with Crippen molar-refractivity contribution in [2.24, 2.45) is 5.73 Å². The van der Waals surface area contributed by atoms with Gasteiger partial charge in [-0.2, -0.15) is 0 Å². The van der Waals surface area contributed by atoms with E-state index in [1.165, 1.54) is 5.56 Å². The van der Waals surface area contributed by atoms with Gasteiger partial charge in [0.2, 0.25) is 0 Å². The highest BCUT2D eigenvalue weighted by atomic mass is 35.5. The first-order chi connectivity index (χ1) is 5.38. The smallest absolute Gasteiger partial charge is 0.123 e. The van der Waals surface area contributed by atoms with Gasteiger partial charge in [-0.1, -0.05) is 18.2 Å². The molecule has 2 aliphatic rings. The maximum Gasteiger partial charge on any atom is 0.123 e. The molecule has 1 heterocycles. The summed E-state index contributed by atoms with van der Waals surface area (Å²) in [6.07, 6.45) is 0.285. The van der Waals surface area contributed by atoms with Crippen LogP contribution in [-0.4, -0.2) is 12.1 Å². The van der Waals surface area contributed by atoms with Gasteiger partial charge in [-0.05, 0) is 6.07 Å². The largest absolute Gasteiger partial charge is 0.488 e. The molecule has 0 aromatic heterocycles. The minimum atomic E-state index is 0. The molecule has 1 aliphatic heterocycles. The molecule has 0 radical (unpaired) electrons. The molecule has 3 heteroatoms. The van der Waals surface area contributed by atoms with Crippen LogP contribution >= 0.6 is 12.4 Å². The highest BCUT2D eigenvalue weighted by Gasteiger charge is 2.56. The number of nitrogens with two attached hydrogens (primary N) is 1. The molecule has 1 aromatic rings. The zero-order valence-electron chi connectivity index (χ0n) is 6.44. The van der Waals surface area contributed by atoms with Gasteiger partial charge in [-0.25, -0.2) is 0 Å². The zero-order chi connectivity index (χ0) is 7.42. The van der Waals surface area contributed by atoms with Crippen molar-refractivity contribution in [3.63, 3.8) is 0 Å². The van der Waals surface area contributed by atoms with E-state index in [-0.39, 0.29) is 24.6 Å². The Balaban J connectivity index is 0.000000563. The summed E-state index contributed by atoms with van der Waals surface area (Å²) in [6.45, 7) is 0. The summed E-state index contributed by atoms with van der Waals surface area (Å²) < 4.78 is 5.57. The highest BCUT2D eigenvalue weighted by molar-refractivity contribution is 5.85. The van der Waals surface area contributed by atoms with E-state index in [1.807, 2.05) is 18.2 Å². The summed E-state index contributed by atoms with van der Waals surface area (Å²) >= 11 is 0. The molecule has 3 atom stereocenters. The zero-order valence-corrected chi connectivity index (χ0v) is 7.25. The third-order valence-electron chi connectivity index (χ3n) is 2.55. The second-order valence-electron chi connectivity index (χ2n) is 3.22. The van der Waals surface area contributed by atoms with Crippen LogP contribution in [0.25, 0.3) is 0 Å². The Kier molecular flexibility index (Phi) is 1.56. The molecule has 0 bridgehead atoms. The molecule has 64 valence electrons. The lowest BCUT2D eigenvalue weighted by atomic mass is 10.1. The van der Waals surface area contributed by atoms with Crippen molar-refractivity contribution < 1.29 is 4.74 Å². The first-order valence-electron chi connectivity index (χ1n) is 3.89. The molecule has 12 heavy (non-hydrogen) atoms. The number of para-hydroxylation sites is 1. The maximum atomic E-state index is 5.76. The van der Waals surface area contributed by atoms with E-state index in [4.69, 9.17) is 10.5 Å². The van der Waals surface area contributed by atoms with Gasteiger partial charge in [-0.3, -0.25) is 0 Å². The van der Waals surface area contributed by atoms with E-state index in [0.717, 1.165) is 5.75 Å². The maximum absolute atomic E-state index is 5.76. The van der Waals surface area contributed by atoms with Crippen LogP contribution < -0.4 is 10.5 Å². The lowest BCUT2D eigenvalue weighted by Crippen LogP contribution is -2.12. The summed E-state index contributed by atoms with van der Waals surface area (Å²) in [7, 11) is 0. The lowest BCUT2D eigenvalue weighted by molar-refractivity contribution is 0.310. The fourth-order valence-corrected chi connectivity index (χ4v) is 1.85. The van der Waals surface area contributed by atoms with Crippen molar-refractivity contribution in [2.45, 2.75) is 18.1 Å². The second-order valence-corrected chi connectivity index (χ2v) is 3.22.